The first-order valence-corrected chi connectivity index (χ1v) is 6.51. The number of nitriles is 1. The highest BCUT2D eigenvalue weighted by molar-refractivity contribution is 6.30. The van der Waals surface area contributed by atoms with Crippen LogP contribution in [-0.2, 0) is 4.74 Å². The van der Waals surface area contributed by atoms with E-state index >= 15 is 0 Å². The molecule has 0 N–H and O–H groups in total. The second-order valence-electron chi connectivity index (χ2n) is 4.22. The van der Waals surface area contributed by atoms with Crippen molar-refractivity contribution in [1.82, 2.24) is 4.57 Å². The summed E-state index contributed by atoms with van der Waals surface area (Å²) in [5, 5.41) is 9.62. The zero-order valence-electron chi connectivity index (χ0n) is 11.2. The van der Waals surface area contributed by atoms with Crippen LogP contribution in [-0.4, -0.2) is 17.1 Å². The Bertz CT molecular complexity index is 681. The number of hydrogen-bond donors (Lipinski definition) is 0. The van der Waals surface area contributed by atoms with Crippen molar-refractivity contribution in [3.63, 3.8) is 0 Å². The third kappa shape index (κ3) is 2.54. The fourth-order valence-corrected chi connectivity index (χ4v) is 2.15. The first kappa shape index (κ1) is 14.2. The molecular formula is C15H13ClN2O2. The largest absolute Gasteiger partial charge is 0.462 e. The molecule has 0 amide bonds. The summed E-state index contributed by atoms with van der Waals surface area (Å²) in [6.45, 7) is 3.93. The van der Waals surface area contributed by atoms with Gasteiger partial charge in [0.2, 0.25) is 0 Å². The Hall–Kier alpha value is -2.25. The van der Waals surface area contributed by atoms with Gasteiger partial charge in [0.25, 0.3) is 0 Å². The lowest BCUT2D eigenvalue weighted by atomic mass is 10.2. The van der Waals surface area contributed by atoms with Crippen LogP contribution < -0.4 is 0 Å². The van der Waals surface area contributed by atoms with Gasteiger partial charge in [0.1, 0.15) is 16.9 Å². The molecule has 0 saturated carbocycles. The molecular weight excluding hydrogens is 276 g/mol. The molecule has 0 radical (unpaired) electrons. The van der Waals surface area contributed by atoms with Gasteiger partial charge in [-0.1, -0.05) is 11.6 Å². The van der Waals surface area contributed by atoms with Gasteiger partial charge in [-0.2, -0.15) is 5.26 Å². The molecule has 2 aromatic rings. The molecule has 0 unspecified atom stereocenters. The summed E-state index contributed by atoms with van der Waals surface area (Å²) in [5.74, 6) is -0.366. The summed E-state index contributed by atoms with van der Waals surface area (Å²) < 4.78 is 6.57. The van der Waals surface area contributed by atoms with E-state index in [0.29, 0.717) is 23.0 Å². The zero-order chi connectivity index (χ0) is 14.7. The van der Waals surface area contributed by atoms with Crippen LogP contribution in [0.25, 0.3) is 5.69 Å². The van der Waals surface area contributed by atoms with Crippen LogP contribution in [0.3, 0.4) is 0 Å². The minimum absolute atomic E-state index is 0.335. The molecule has 0 aliphatic rings. The third-order valence-electron chi connectivity index (χ3n) is 2.87. The quantitative estimate of drug-likeness (QED) is 0.812. The summed E-state index contributed by atoms with van der Waals surface area (Å²) in [7, 11) is 0. The predicted molar refractivity (Wildman–Crippen MR) is 76.2 cm³/mol. The highest BCUT2D eigenvalue weighted by atomic mass is 35.5. The summed E-state index contributed by atoms with van der Waals surface area (Å²) in [5.41, 5.74) is 2.48. The number of halogens is 1. The van der Waals surface area contributed by atoms with Gasteiger partial charge >= 0.3 is 5.97 Å². The van der Waals surface area contributed by atoms with Crippen molar-refractivity contribution in [3.05, 3.63) is 52.3 Å². The van der Waals surface area contributed by atoms with Crippen LogP contribution in [0.2, 0.25) is 5.15 Å². The SMILES string of the molecule is CCOC(=O)c1ccc(-n2c(C#N)cc(C)c2Cl)cc1. The third-order valence-corrected chi connectivity index (χ3v) is 3.33. The normalized spacial score (nSPS) is 10.1. The van der Waals surface area contributed by atoms with E-state index in [1.165, 1.54) is 0 Å². The lowest BCUT2D eigenvalue weighted by Gasteiger charge is -2.08. The molecule has 4 nitrogen and oxygen atoms in total. The zero-order valence-corrected chi connectivity index (χ0v) is 11.9. The van der Waals surface area contributed by atoms with Crippen LogP contribution >= 0.6 is 11.6 Å². The molecule has 0 atom stereocenters. The van der Waals surface area contributed by atoms with Gasteiger partial charge in [-0.05, 0) is 49.7 Å². The molecule has 0 spiro atoms. The van der Waals surface area contributed by atoms with Crippen molar-refractivity contribution in [1.29, 1.82) is 5.26 Å². The Morgan fingerprint density at radius 3 is 2.60 bits per heavy atom. The molecule has 1 aromatic carbocycles. The summed E-state index contributed by atoms with van der Waals surface area (Å²) in [4.78, 5) is 11.6. The Morgan fingerprint density at radius 1 is 1.40 bits per heavy atom. The summed E-state index contributed by atoms with van der Waals surface area (Å²) in [6, 6.07) is 10.6. The van der Waals surface area contributed by atoms with Crippen molar-refractivity contribution >= 4 is 17.6 Å². The van der Waals surface area contributed by atoms with Gasteiger partial charge in [0.05, 0.1) is 12.2 Å². The number of nitrogens with zero attached hydrogens (tertiary/aromatic N) is 2. The van der Waals surface area contributed by atoms with Crippen molar-refractivity contribution in [3.8, 4) is 11.8 Å². The van der Waals surface area contributed by atoms with Crippen LogP contribution in [0.4, 0.5) is 0 Å². The molecule has 0 aliphatic heterocycles. The average molecular weight is 289 g/mol. The number of ether oxygens (including phenoxy) is 1. The molecule has 102 valence electrons. The fraction of sp³-hybridized carbons (Fsp3) is 0.200. The maximum atomic E-state index is 11.6. The van der Waals surface area contributed by atoms with E-state index in [1.54, 1.807) is 41.8 Å². The fourth-order valence-electron chi connectivity index (χ4n) is 1.91. The van der Waals surface area contributed by atoms with Crippen molar-refractivity contribution in [2.75, 3.05) is 6.61 Å². The minimum atomic E-state index is -0.366. The number of esters is 1. The Kier molecular flexibility index (Phi) is 4.11. The van der Waals surface area contributed by atoms with Crippen molar-refractivity contribution in [2.45, 2.75) is 13.8 Å². The molecule has 1 aromatic heterocycles. The maximum absolute atomic E-state index is 11.6. The molecule has 0 saturated heterocycles. The van der Waals surface area contributed by atoms with Gasteiger partial charge in [-0.25, -0.2) is 4.79 Å². The van der Waals surface area contributed by atoms with E-state index in [2.05, 4.69) is 6.07 Å². The van der Waals surface area contributed by atoms with Crippen molar-refractivity contribution in [2.24, 2.45) is 0 Å². The van der Waals surface area contributed by atoms with E-state index in [1.807, 2.05) is 6.92 Å². The van der Waals surface area contributed by atoms with E-state index in [0.717, 1.165) is 11.3 Å². The highest BCUT2D eigenvalue weighted by Crippen LogP contribution is 2.25. The van der Waals surface area contributed by atoms with Crippen LogP contribution in [0.1, 0.15) is 28.5 Å². The van der Waals surface area contributed by atoms with Gasteiger partial charge in [0.15, 0.2) is 0 Å². The first-order valence-electron chi connectivity index (χ1n) is 6.14. The second-order valence-corrected chi connectivity index (χ2v) is 4.58. The molecule has 20 heavy (non-hydrogen) atoms. The molecule has 0 fully saturated rings. The number of rotatable bonds is 3. The standard InChI is InChI=1S/C15H13ClN2O2/c1-3-20-15(19)11-4-6-12(7-5-11)18-13(9-17)8-10(2)14(18)16/h4-8H,3H2,1-2H3. The monoisotopic (exact) mass is 288 g/mol. The number of benzene rings is 1. The number of carbonyl (C=O) groups is 1. The summed E-state index contributed by atoms with van der Waals surface area (Å²) >= 11 is 6.20. The number of carbonyl (C=O) groups excluding carboxylic acids is 1. The second kappa shape index (κ2) is 5.81. The van der Waals surface area contributed by atoms with Crippen LogP contribution in [0, 0.1) is 18.3 Å². The first-order chi connectivity index (χ1) is 9.58. The van der Waals surface area contributed by atoms with E-state index in [-0.39, 0.29) is 5.97 Å². The smallest absolute Gasteiger partial charge is 0.338 e. The van der Waals surface area contributed by atoms with Crippen LogP contribution in [0.5, 0.6) is 0 Å². The molecule has 1 heterocycles. The average Bonchev–Trinajstić information content (AvgIpc) is 2.75. The Labute approximate surface area is 122 Å². The van der Waals surface area contributed by atoms with Gasteiger partial charge in [-0.3, -0.25) is 4.57 Å². The topological polar surface area (TPSA) is 55.0 Å². The van der Waals surface area contributed by atoms with Crippen molar-refractivity contribution < 1.29 is 9.53 Å². The predicted octanol–water partition coefficient (Wildman–Crippen LogP) is 3.49. The number of aryl methyl sites for hydroxylation is 1. The van der Waals surface area contributed by atoms with Gasteiger partial charge in [-0.15, -0.1) is 0 Å². The Balaban J connectivity index is 2.41. The Morgan fingerprint density at radius 2 is 2.05 bits per heavy atom. The molecule has 5 heteroatoms. The number of aromatic nitrogens is 1. The highest BCUT2D eigenvalue weighted by Gasteiger charge is 2.13. The lowest BCUT2D eigenvalue weighted by molar-refractivity contribution is 0.0526. The van der Waals surface area contributed by atoms with Gasteiger partial charge < -0.3 is 4.74 Å². The van der Waals surface area contributed by atoms with E-state index in [9.17, 15) is 4.79 Å². The summed E-state index contributed by atoms with van der Waals surface area (Å²) in [6.07, 6.45) is 0. The molecule has 0 aliphatic carbocycles. The maximum Gasteiger partial charge on any atom is 0.338 e. The van der Waals surface area contributed by atoms with Gasteiger partial charge in [0, 0.05) is 5.69 Å². The molecule has 0 bridgehead atoms. The molecule has 2 rings (SSSR count). The minimum Gasteiger partial charge on any atom is -0.462 e. The van der Waals surface area contributed by atoms with E-state index < -0.39 is 0 Å². The van der Waals surface area contributed by atoms with E-state index in [4.69, 9.17) is 21.6 Å². The lowest BCUT2D eigenvalue weighted by Crippen LogP contribution is -2.05. The van der Waals surface area contributed by atoms with Crippen LogP contribution in [0.15, 0.2) is 30.3 Å². The number of hydrogen-bond acceptors (Lipinski definition) is 3.